The smallest absolute Gasteiger partial charge is 0.125 e. The average Bonchev–Trinajstić information content (AvgIpc) is 2.36. The second-order valence-electron chi connectivity index (χ2n) is 4.48. The Balaban J connectivity index is 2.43. The molecule has 0 fully saturated rings. The summed E-state index contributed by atoms with van der Waals surface area (Å²) in [4.78, 5) is 2.09. The van der Waals surface area contributed by atoms with E-state index in [9.17, 15) is 0 Å². The topological polar surface area (TPSA) is 48.4 Å². The SMILES string of the molecule is CCCOc1ccc(C(=N)NCCN(C)C)cc1. The molecular weight excluding hydrogens is 226 g/mol. The molecule has 0 spiro atoms. The van der Waals surface area contributed by atoms with E-state index in [2.05, 4.69) is 17.1 Å². The van der Waals surface area contributed by atoms with Crippen LogP contribution in [0.25, 0.3) is 0 Å². The molecule has 0 amide bonds. The molecule has 1 rings (SSSR count). The number of likely N-dealkylation sites (N-methyl/N-ethyl adjacent to an activating group) is 1. The van der Waals surface area contributed by atoms with E-state index in [1.807, 2.05) is 38.4 Å². The lowest BCUT2D eigenvalue weighted by molar-refractivity contribution is 0.317. The fourth-order valence-electron chi connectivity index (χ4n) is 1.44. The van der Waals surface area contributed by atoms with Gasteiger partial charge in [-0.25, -0.2) is 0 Å². The molecule has 0 heterocycles. The van der Waals surface area contributed by atoms with E-state index in [0.29, 0.717) is 5.84 Å². The van der Waals surface area contributed by atoms with Crippen molar-refractivity contribution < 1.29 is 4.74 Å². The third-order valence-electron chi connectivity index (χ3n) is 2.48. The maximum Gasteiger partial charge on any atom is 0.125 e. The van der Waals surface area contributed by atoms with Gasteiger partial charge in [-0.15, -0.1) is 0 Å². The van der Waals surface area contributed by atoms with Crippen molar-refractivity contribution in [3.63, 3.8) is 0 Å². The van der Waals surface area contributed by atoms with Crippen LogP contribution in [0.3, 0.4) is 0 Å². The molecule has 4 heteroatoms. The molecule has 0 aliphatic rings. The van der Waals surface area contributed by atoms with Gasteiger partial charge in [-0.3, -0.25) is 5.41 Å². The van der Waals surface area contributed by atoms with Gasteiger partial charge in [0, 0.05) is 18.7 Å². The fourth-order valence-corrected chi connectivity index (χ4v) is 1.44. The zero-order chi connectivity index (χ0) is 13.4. The number of hydrogen-bond donors (Lipinski definition) is 2. The minimum atomic E-state index is 0.457. The lowest BCUT2D eigenvalue weighted by atomic mass is 10.2. The Morgan fingerprint density at radius 1 is 1.28 bits per heavy atom. The largest absolute Gasteiger partial charge is 0.494 e. The Labute approximate surface area is 109 Å². The Hall–Kier alpha value is -1.55. The highest BCUT2D eigenvalue weighted by molar-refractivity contribution is 5.96. The molecule has 0 bridgehead atoms. The van der Waals surface area contributed by atoms with Crippen LogP contribution in [-0.4, -0.2) is 44.5 Å². The summed E-state index contributed by atoms with van der Waals surface area (Å²) in [6.07, 6.45) is 1.00. The first kappa shape index (κ1) is 14.5. The van der Waals surface area contributed by atoms with Gasteiger partial charge in [0.1, 0.15) is 11.6 Å². The molecule has 0 unspecified atom stereocenters. The number of rotatable bonds is 7. The number of hydrogen-bond acceptors (Lipinski definition) is 3. The fraction of sp³-hybridized carbons (Fsp3) is 0.500. The third kappa shape index (κ3) is 5.19. The summed E-state index contributed by atoms with van der Waals surface area (Å²) < 4.78 is 5.50. The summed E-state index contributed by atoms with van der Waals surface area (Å²) in [5.41, 5.74) is 0.887. The Kier molecular flexibility index (Phi) is 6.22. The summed E-state index contributed by atoms with van der Waals surface area (Å²) in [7, 11) is 4.04. The molecule has 18 heavy (non-hydrogen) atoms. The monoisotopic (exact) mass is 249 g/mol. The minimum absolute atomic E-state index is 0.457. The highest BCUT2D eigenvalue weighted by Gasteiger charge is 2.01. The second kappa shape index (κ2) is 7.71. The average molecular weight is 249 g/mol. The molecular formula is C14H23N3O. The molecule has 0 aliphatic heterocycles. The highest BCUT2D eigenvalue weighted by atomic mass is 16.5. The van der Waals surface area contributed by atoms with Crippen LogP contribution in [0, 0.1) is 5.41 Å². The molecule has 0 atom stereocenters. The van der Waals surface area contributed by atoms with Crippen molar-refractivity contribution in [3.8, 4) is 5.75 Å². The molecule has 1 aromatic carbocycles. The number of amidine groups is 1. The standard InChI is InChI=1S/C14H23N3O/c1-4-11-18-13-7-5-12(6-8-13)14(15)16-9-10-17(2)3/h5-8H,4,9-11H2,1-3H3,(H2,15,16). The quantitative estimate of drug-likeness (QED) is 0.573. The van der Waals surface area contributed by atoms with Crippen molar-refractivity contribution in [3.05, 3.63) is 29.8 Å². The first-order valence-electron chi connectivity index (χ1n) is 6.34. The summed E-state index contributed by atoms with van der Waals surface area (Å²) in [6.45, 7) is 4.51. The third-order valence-corrected chi connectivity index (χ3v) is 2.48. The normalized spacial score (nSPS) is 10.4. The van der Waals surface area contributed by atoms with Crippen LogP contribution in [0.2, 0.25) is 0 Å². The predicted molar refractivity (Wildman–Crippen MR) is 75.6 cm³/mol. The minimum Gasteiger partial charge on any atom is -0.494 e. The van der Waals surface area contributed by atoms with E-state index < -0.39 is 0 Å². The maximum atomic E-state index is 7.91. The van der Waals surface area contributed by atoms with Crippen molar-refractivity contribution in [2.45, 2.75) is 13.3 Å². The van der Waals surface area contributed by atoms with Crippen LogP contribution < -0.4 is 10.1 Å². The van der Waals surface area contributed by atoms with Gasteiger partial charge in [0.15, 0.2) is 0 Å². The Morgan fingerprint density at radius 3 is 2.50 bits per heavy atom. The predicted octanol–water partition coefficient (Wildman–Crippen LogP) is 1.95. The van der Waals surface area contributed by atoms with Crippen LogP contribution in [-0.2, 0) is 0 Å². The molecule has 100 valence electrons. The summed E-state index contributed by atoms with van der Waals surface area (Å²) in [5.74, 6) is 1.32. The lowest BCUT2D eigenvalue weighted by Gasteiger charge is -2.12. The van der Waals surface area contributed by atoms with E-state index in [-0.39, 0.29) is 0 Å². The van der Waals surface area contributed by atoms with Crippen LogP contribution in [0.1, 0.15) is 18.9 Å². The van der Waals surface area contributed by atoms with E-state index in [1.54, 1.807) is 0 Å². The molecule has 0 aromatic heterocycles. The number of nitrogens with one attached hydrogen (secondary N) is 2. The van der Waals surface area contributed by atoms with E-state index in [0.717, 1.165) is 37.4 Å². The van der Waals surface area contributed by atoms with Crippen LogP contribution in [0.4, 0.5) is 0 Å². The van der Waals surface area contributed by atoms with E-state index in [4.69, 9.17) is 10.1 Å². The number of benzene rings is 1. The Bertz CT molecular complexity index is 360. The van der Waals surface area contributed by atoms with Gasteiger partial charge in [-0.05, 0) is 44.8 Å². The number of nitrogens with zero attached hydrogens (tertiary/aromatic N) is 1. The maximum absolute atomic E-state index is 7.91. The molecule has 0 saturated carbocycles. The Morgan fingerprint density at radius 2 is 1.94 bits per heavy atom. The number of ether oxygens (including phenoxy) is 1. The first-order chi connectivity index (χ1) is 8.63. The second-order valence-corrected chi connectivity index (χ2v) is 4.48. The van der Waals surface area contributed by atoms with Crippen molar-refractivity contribution in [1.82, 2.24) is 10.2 Å². The van der Waals surface area contributed by atoms with Crippen LogP contribution >= 0.6 is 0 Å². The van der Waals surface area contributed by atoms with Crippen LogP contribution in [0.15, 0.2) is 24.3 Å². The van der Waals surface area contributed by atoms with Gasteiger partial charge in [0.05, 0.1) is 6.61 Å². The molecule has 2 N–H and O–H groups in total. The zero-order valence-corrected chi connectivity index (χ0v) is 11.5. The van der Waals surface area contributed by atoms with Crippen molar-refractivity contribution in [2.24, 2.45) is 0 Å². The molecule has 0 aliphatic carbocycles. The van der Waals surface area contributed by atoms with Crippen molar-refractivity contribution in [2.75, 3.05) is 33.8 Å². The zero-order valence-electron chi connectivity index (χ0n) is 11.5. The first-order valence-corrected chi connectivity index (χ1v) is 6.34. The van der Waals surface area contributed by atoms with Gasteiger partial charge in [0.25, 0.3) is 0 Å². The van der Waals surface area contributed by atoms with Gasteiger partial charge >= 0.3 is 0 Å². The summed E-state index contributed by atoms with van der Waals surface area (Å²) in [5, 5.41) is 11.0. The van der Waals surface area contributed by atoms with Gasteiger partial charge in [-0.2, -0.15) is 0 Å². The molecule has 0 saturated heterocycles. The summed E-state index contributed by atoms with van der Waals surface area (Å²) in [6, 6.07) is 7.65. The molecule has 1 aromatic rings. The molecule has 0 radical (unpaired) electrons. The highest BCUT2D eigenvalue weighted by Crippen LogP contribution is 2.12. The van der Waals surface area contributed by atoms with Gasteiger partial charge in [-0.1, -0.05) is 6.92 Å². The molecule has 4 nitrogen and oxygen atoms in total. The van der Waals surface area contributed by atoms with E-state index >= 15 is 0 Å². The van der Waals surface area contributed by atoms with E-state index in [1.165, 1.54) is 0 Å². The lowest BCUT2D eigenvalue weighted by Crippen LogP contribution is -2.31. The summed E-state index contributed by atoms with van der Waals surface area (Å²) >= 11 is 0. The van der Waals surface area contributed by atoms with Crippen LogP contribution in [0.5, 0.6) is 5.75 Å². The van der Waals surface area contributed by atoms with Gasteiger partial charge in [0.2, 0.25) is 0 Å². The van der Waals surface area contributed by atoms with Crippen molar-refractivity contribution in [1.29, 1.82) is 5.41 Å². The van der Waals surface area contributed by atoms with Crippen molar-refractivity contribution >= 4 is 5.84 Å². The van der Waals surface area contributed by atoms with Gasteiger partial charge < -0.3 is 15.0 Å².